The maximum absolute atomic E-state index is 13.3. The van der Waals surface area contributed by atoms with E-state index < -0.39 is 10.0 Å². The summed E-state index contributed by atoms with van der Waals surface area (Å²) in [4.78, 5) is 30.0. The average Bonchev–Trinajstić information content (AvgIpc) is 3.58. The fraction of sp³-hybridized carbons (Fsp3) is 0.300. The molecule has 1 saturated carbocycles. The number of carbonyl (C=O) groups excluding carboxylic acids is 2. The molecule has 1 fully saturated rings. The number of amides is 2. The second-order valence-corrected chi connectivity index (χ2v) is 12.5. The lowest BCUT2D eigenvalue weighted by atomic mass is 10.0. The molecule has 1 aliphatic carbocycles. The molecule has 2 aliphatic rings. The van der Waals surface area contributed by atoms with Crippen LogP contribution >= 0.6 is 0 Å². The Balaban J connectivity index is 1.27. The molecule has 0 spiro atoms. The molecule has 1 aromatic heterocycles. The zero-order chi connectivity index (χ0) is 27.3. The molecule has 6 rings (SSSR count). The smallest absolute Gasteiger partial charge is 0.283 e. The van der Waals surface area contributed by atoms with Gasteiger partial charge in [0.05, 0.1) is 27.7 Å². The largest absolute Gasteiger partial charge is 0.301 e. The monoisotopic (exact) mass is 542 g/mol. The molecule has 0 radical (unpaired) electrons. The van der Waals surface area contributed by atoms with Crippen molar-refractivity contribution < 1.29 is 18.0 Å². The number of benzene rings is 3. The van der Waals surface area contributed by atoms with Crippen molar-refractivity contribution in [2.24, 2.45) is 5.92 Å². The highest BCUT2D eigenvalue weighted by molar-refractivity contribution is 7.90. The highest BCUT2D eigenvalue weighted by Crippen LogP contribution is 2.31. The van der Waals surface area contributed by atoms with E-state index in [0.717, 1.165) is 21.8 Å². The molecule has 0 saturated heterocycles. The number of aromatic nitrogens is 2. The van der Waals surface area contributed by atoms with Crippen molar-refractivity contribution in [2.75, 3.05) is 20.1 Å². The van der Waals surface area contributed by atoms with Gasteiger partial charge in [-0.25, -0.2) is 0 Å². The number of hydrogen-bond acceptors (Lipinski definition) is 6. The summed E-state index contributed by atoms with van der Waals surface area (Å²) in [6, 6.07) is 19.2. The highest BCUT2D eigenvalue weighted by Gasteiger charge is 2.37. The van der Waals surface area contributed by atoms with Gasteiger partial charge in [0, 0.05) is 24.5 Å². The molecule has 39 heavy (non-hydrogen) atoms. The van der Waals surface area contributed by atoms with Crippen LogP contribution in [-0.4, -0.2) is 65.4 Å². The molecule has 1 atom stereocenters. The summed E-state index contributed by atoms with van der Waals surface area (Å²) < 4.78 is 27.6. The van der Waals surface area contributed by atoms with Gasteiger partial charge in [-0.3, -0.25) is 14.5 Å². The van der Waals surface area contributed by atoms with Crippen molar-refractivity contribution in [2.45, 2.75) is 37.1 Å². The van der Waals surface area contributed by atoms with Crippen LogP contribution in [0.3, 0.4) is 0 Å². The molecule has 2 heterocycles. The third-order valence-electron chi connectivity index (χ3n) is 7.76. The predicted octanol–water partition coefficient (Wildman–Crippen LogP) is 4.13. The first-order chi connectivity index (χ1) is 18.7. The Bertz CT molecular complexity index is 1650. The van der Waals surface area contributed by atoms with Gasteiger partial charge in [0.1, 0.15) is 0 Å². The Kier molecular flexibility index (Phi) is 6.35. The van der Waals surface area contributed by atoms with E-state index in [9.17, 15) is 18.0 Å². The number of rotatable bonds is 9. The normalized spacial score (nSPS) is 16.3. The van der Waals surface area contributed by atoms with Crippen LogP contribution in [0, 0.1) is 12.8 Å². The van der Waals surface area contributed by atoms with Crippen molar-refractivity contribution in [1.82, 2.24) is 19.0 Å². The number of imide groups is 1. The van der Waals surface area contributed by atoms with E-state index in [-0.39, 0.29) is 29.3 Å². The minimum Gasteiger partial charge on any atom is -0.301 e. The molecule has 0 unspecified atom stereocenters. The van der Waals surface area contributed by atoms with Crippen LogP contribution in [0.25, 0.3) is 10.9 Å². The van der Waals surface area contributed by atoms with E-state index in [1.165, 1.54) is 17.7 Å². The maximum Gasteiger partial charge on any atom is 0.283 e. The van der Waals surface area contributed by atoms with Crippen molar-refractivity contribution in [1.29, 1.82) is 0 Å². The number of aryl methyl sites for hydroxylation is 1. The lowest BCUT2D eigenvalue weighted by molar-refractivity contribution is 0.0599. The first-order valence-corrected chi connectivity index (χ1v) is 14.6. The number of carbonyl (C=O) groups is 2. The van der Waals surface area contributed by atoms with E-state index in [2.05, 4.69) is 10.00 Å². The van der Waals surface area contributed by atoms with E-state index >= 15 is 0 Å². The van der Waals surface area contributed by atoms with Crippen LogP contribution in [0.2, 0.25) is 0 Å². The Hall–Kier alpha value is -3.82. The first-order valence-electron chi connectivity index (χ1n) is 13.2. The molecule has 2 amide bonds. The number of fused-ring (bicyclic) bond motifs is 2. The first kappa shape index (κ1) is 25.5. The number of likely N-dealkylation sites (N-methyl/N-ethyl adjacent to an activating group) is 1. The Morgan fingerprint density at radius 3 is 2.28 bits per heavy atom. The molecule has 4 aromatic rings. The lowest BCUT2D eigenvalue weighted by Gasteiger charge is -2.31. The van der Waals surface area contributed by atoms with E-state index in [0.29, 0.717) is 34.4 Å². The third kappa shape index (κ3) is 4.77. The van der Waals surface area contributed by atoms with Gasteiger partial charge >= 0.3 is 0 Å². The molecule has 9 heteroatoms. The molecular weight excluding hydrogens is 512 g/mol. The summed E-state index contributed by atoms with van der Waals surface area (Å²) in [6.45, 7) is 3.10. The SMILES string of the molecule is Cc1ccc(S(=O)(=O)n2ncc3cc(C[C@@H](CN4C(=O)c5ccccc5C4=O)N(C)CC4CC4)ccc32)cc1. The summed E-state index contributed by atoms with van der Waals surface area (Å²) in [5, 5.41) is 4.93. The van der Waals surface area contributed by atoms with Crippen LogP contribution in [-0.2, 0) is 16.4 Å². The van der Waals surface area contributed by atoms with Crippen molar-refractivity contribution >= 4 is 32.7 Å². The molecule has 8 nitrogen and oxygen atoms in total. The highest BCUT2D eigenvalue weighted by atomic mass is 32.2. The second-order valence-electron chi connectivity index (χ2n) is 10.7. The minimum atomic E-state index is -3.83. The summed E-state index contributed by atoms with van der Waals surface area (Å²) >= 11 is 0. The Labute approximate surface area is 227 Å². The zero-order valence-electron chi connectivity index (χ0n) is 21.9. The number of nitrogens with zero attached hydrogens (tertiary/aromatic N) is 4. The molecule has 0 bridgehead atoms. The van der Waals surface area contributed by atoms with Gasteiger partial charge in [-0.1, -0.05) is 35.9 Å². The van der Waals surface area contributed by atoms with Crippen molar-refractivity contribution in [3.05, 3.63) is 95.2 Å². The molecule has 200 valence electrons. The number of hydrogen-bond donors (Lipinski definition) is 0. The van der Waals surface area contributed by atoms with Gasteiger partial charge in [-0.15, -0.1) is 0 Å². The fourth-order valence-corrected chi connectivity index (χ4v) is 6.57. The van der Waals surface area contributed by atoms with Crippen LogP contribution in [0.1, 0.15) is 44.7 Å². The van der Waals surface area contributed by atoms with Crippen LogP contribution in [0.4, 0.5) is 0 Å². The lowest BCUT2D eigenvalue weighted by Crippen LogP contribution is -2.46. The summed E-state index contributed by atoms with van der Waals surface area (Å²) in [7, 11) is -1.79. The van der Waals surface area contributed by atoms with Crippen LogP contribution in [0.5, 0.6) is 0 Å². The van der Waals surface area contributed by atoms with Gasteiger partial charge in [-0.2, -0.15) is 17.6 Å². The van der Waals surface area contributed by atoms with Gasteiger partial charge in [0.15, 0.2) is 0 Å². The summed E-state index contributed by atoms with van der Waals surface area (Å²) in [5.41, 5.74) is 3.37. The van der Waals surface area contributed by atoms with E-state index in [4.69, 9.17) is 0 Å². The predicted molar refractivity (Wildman–Crippen MR) is 148 cm³/mol. The van der Waals surface area contributed by atoms with Crippen LogP contribution < -0.4 is 0 Å². The van der Waals surface area contributed by atoms with E-state index in [1.807, 2.05) is 26.1 Å². The Morgan fingerprint density at radius 2 is 1.64 bits per heavy atom. The zero-order valence-corrected chi connectivity index (χ0v) is 22.8. The second kappa shape index (κ2) is 9.73. The molecular formula is C30H30N4O4S. The van der Waals surface area contributed by atoms with Gasteiger partial charge in [0.2, 0.25) is 0 Å². The van der Waals surface area contributed by atoms with Gasteiger partial charge in [-0.05, 0) is 81.1 Å². The molecule has 3 aromatic carbocycles. The third-order valence-corrected chi connectivity index (χ3v) is 9.37. The molecule has 0 N–H and O–H groups in total. The van der Waals surface area contributed by atoms with Crippen LogP contribution in [0.15, 0.2) is 77.8 Å². The quantitative estimate of drug-likeness (QED) is 0.295. The fourth-order valence-electron chi connectivity index (χ4n) is 5.29. The standard InChI is InChI=1S/C30H30N4O4S/c1-20-7-12-25(13-8-20)39(37,38)34-28-14-11-22(15-23(28)17-31-34)16-24(32(2)18-21-9-10-21)19-33-29(35)26-5-3-4-6-27(26)30(33)36/h3-8,11-15,17,21,24H,9-10,16,18-19H2,1-2H3/t24-/m0/s1. The minimum absolute atomic E-state index is 0.0865. The molecule has 1 aliphatic heterocycles. The summed E-state index contributed by atoms with van der Waals surface area (Å²) in [6.07, 6.45) is 4.56. The maximum atomic E-state index is 13.3. The van der Waals surface area contributed by atoms with Gasteiger partial charge in [0.25, 0.3) is 21.8 Å². The van der Waals surface area contributed by atoms with Crippen molar-refractivity contribution in [3.63, 3.8) is 0 Å². The van der Waals surface area contributed by atoms with E-state index in [1.54, 1.807) is 60.8 Å². The van der Waals surface area contributed by atoms with Crippen molar-refractivity contribution in [3.8, 4) is 0 Å². The van der Waals surface area contributed by atoms with Gasteiger partial charge < -0.3 is 4.90 Å². The summed E-state index contributed by atoms with van der Waals surface area (Å²) in [5.74, 6) is 0.143. The topological polar surface area (TPSA) is 92.6 Å². The average molecular weight is 543 g/mol. The Morgan fingerprint density at radius 1 is 0.974 bits per heavy atom.